The number of halogens is 1. The van der Waals surface area contributed by atoms with Crippen LogP contribution < -0.4 is 10.1 Å². The first-order chi connectivity index (χ1) is 8.81. The molecule has 18 heavy (non-hydrogen) atoms. The second-order valence-corrected chi connectivity index (χ2v) is 4.89. The molecule has 1 saturated carbocycles. The molecule has 0 aromatic heterocycles. The highest BCUT2D eigenvalue weighted by atomic mass is 19.1. The van der Waals surface area contributed by atoms with Gasteiger partial charge in [0.15, 0.2) is 11.6 Å². The zero-order chi connectivity index (χ0) is 12.8. The maximum Gasteiger partial charge on any atom is 0.165 e. The maximum absolute atomic E-state index is 13.6. The first-order valence-electron chi connectivity index (χ1n) is 6.96. The number of hydrogen-bond donors (Lipinski definition) is 1. The Balaban J connectivity index is 2.06. The molecule has 0 amide bonds. The van der Waals surface area contributed by atoms with Gasteiger partial charge in [-0.05, 0) is 37.9 Å². The zero-order valence-electron chi connectivity index (χ0n) is 11.0. The van der Waals surface area contributed by atoms with E-state index in [0.29, 0.717) is 11.8 Å². The molecule has 1 aliphatic carbocycles. The summed E-state index contributed by atoms with van der Waals surface area (Å²) in [5, 5.41) is 3.47. The Morgan fingerprint density at radius 3 is 2.78 bits per heavy atom. The number of likely N-dealkylation sites (N-methyl/N-ethyl adjacent to an activating group) is 1. The molecule has 2 rings (SSSR count). The van der Waals surface area contributed by atoms with Gasteiger partial charge in [0.25, 0.3) is 0 Å². The van der Waals surface area contributed by atoms with Crippen molar-refractivity contribution in [1.82, 2.24) is 5.32 Å². The van der Waals surface area contributed by atoms with E-state index in [1.54, 1.807) is 12.1 Å². The summed E-state index contributed by atoms with van der Waals surface area (Å²) in [5.74, 6) is 0.115. The number of benzene rings is 1. The molecule has 100 valence electrons. The molecule has 3 heteroatoms. The molecule has 0 heterocycles. The monoisotopic (exact) mass is 251 g/mol. The van der Waals surface area contributed by atoms with E-state index in [1.807, 2.05) is 6.07 Å². The molecule has 1 N–H and O–H groups in total. The van der Waals surface area contributed by atoms with Crippen LogP contribution in [0.3, 0.4) is 0 Å². The molecule has 0 radical (unpaired) electrons. The van der Waals surface area contributed by atoms with Gasteiger partial charge < -0.3 is 10.1 Å². The van der Waals surface area contributed by atoms with Crippen molar-refractivity contribution >= 4 is 0 Å². The van der Waals surface area contributed by atoms with E-state index in [9.17, 15) is 4.39 Å². The van der Waals surface area contributed by atoms with Gasteiger partial charge in [-0.25, -0.2) is 4.39 Å². The second-order valence-electron chi connectivity index (χ2n) is 4.89. The number of nitrogens with one attached hydrogen (secondary N) is 1. The lowest BCUT2D eigenvalue weighted by molar-refractivity contribution is 0.140. The molecular formula is C15H22FNO. The van der Waals surface area contributed by atoms with Gasteiger partial charge in [0.2, 0.25) is 0 Å². The number of hydrogen-bond acceptors (Lipinski definition) is 2. The maximum atomic E-state index is 13.6. The van der Waals surface area contributed by atoms with Crippen LogP contribution in [0.1, 0.15) is 39.0 Å². The van der Waals surface area contributed by atoms with E-state index >= 15 is 0 Å². The summed E-state index contributed by atoms with van der Waals surface area (Å²) < 4.78 is 19.5. The molecule has 1 aliphatic rings. The summed E-state index contributed by atoms with van der Waals surface area (Å²) >= 11 is 0. The molecular weight excluding hydrogens is 229 g/mol. The van der Waals surface area contributed by atoms with Crippen LogP contribution in [0.4, 0.5) is 4.39 Å². The first-order valence-corrected chi connectivity index (χ1v) is 6.96. The Hall–Kier alpha value is -1.09. The molecule has 0 bridgehead atoms. The van der Waals surface area contributed by atoms with Crippen molar-refractivity contribution in [2.75, 3.05) is 6.54 Å². The van der Waals surface area contributed by atoms with Gasteiger partial charge in [-0.3, -0.25) is 0 Å². The topological polar surface area (TPSA) is 21.3 Å². The smallest absolute Gasteiger partial charge is 0.165 e. The summed E-state index contributed by atoms with van der Waals surface area (Å²) in [5.41, 5.74) is 0. The van der Waals surface area contributed by atoms with E-state index < -0.39 is 0 Å². The van der Waals surface area contributed by atoms with Crippen LogP contribution >= 0.6 is 0 Å². The molecule has 0 saturated heterocycles. The van der Waals surface area contributed by atoms with Crippen molar-refractivity contribution in [3.63, 3.8) is 0 Å². The minimum atomic E-state index is -0.267. The highest BCUT2D eigenvalue weighted by Crippen LogP contribution is 2.25. The molecule has 0 aliphatic heterocycles. The van der Waals surface area contributed by atoms with Crippen LogP contribution in [0, 0.1) is 5.82 Å². The summed E-state index contributed by atoms with van der Waals surface area (Å²) in [6.45, 7) is 3.03. The molecule has 1 aromatic carbocycles. The van der Waals surface area contributed by atoms with Crippen LogP contribution in [-0.4, -0.2) is 18.7 Å². The van der Waals surface area contributed by atoms with E-state index in [-0.39, 0.29) is 11.9 Å². The van der Waals surface area contributed by atoms with Crippen molar-refractivity contribution in [3.8, 4) is 5.75 Å². The van der Waals surface area contributed by atoms with Crippen LogP contribution in [0.5, 0.6) is 5.75 Å². The van der Waals surface area contributed by atoms with Gasteiger partial charge in [0, 0.05) is 6.04 Å². The predicted molar refractivity (Wildman–Crippen MR) is 71.4 cm³/mol. The Bertz CT molecular complexity index is 369. The van der Waals surface area contributed by atoms with E-state index in [2.05, 4.69) is 12.2 Å². The Morgan fingerprint density at radius 2 is 2.00 bits per heavy atom. The van der Waals surface area contributed by atoms with Crippen molar-refractivity contribution in [3.05, 3.63) is 30.1 Å². The predicted octanol–water partition coefficient (Wildman–Crippen LogP) is 3.52. The van der Waals surface area contributed by atoms with Crippen LogP contribution in [0.15, 0.2) is 24.3 Å². The van der Waals surface area contributed by atoms with Crippen molar-refractivity contribution in [1.29, 1.82) is 0 Å². The number of ether oxygens (including phenoxy) is 1. The van der Waals surface area contributed by atoms with E-state index in [1.165, 1.54) is 25.3 Å². The van der Waals surface area contributed by atoms with Crippen molar-refractivity contribution in [2.45, 2.75) is 51.2 Å². The molecule has 2 unspecified atom stereocenters. The van der Waals surface area contributed by atoms with Crippen LogP contribution in [0.2, 0.25) is 0 Å². The highest BCUT2D eigenvalue weighted by molar-refractivity contribution is 5.24. The quantitative estimate of drug-likeness (QED) is 0.827. The van der Waals surface area contributed by atoms with Gasteiger partial charge in [-0.15, -0.1) is 0 Å². The summed E-state index contributed by atoms with van der Waals surface area (Å²) in [6, 6.07) is 7.02. The van der Waals surface area contributed by atoms with E-state index in [4.69, 9.17) is 4.74 Å². The lowest BCUT2D eigenvalue weighted by Crippen LogP contribution is -2.42. The third-order valence-electron chi connectivity index (χ3n) is 3.53. The molecule has 2 atom stereocenters. The van der Waals surface area contributed by atoms with Gasteiger partial charge in [-0.2, -0.15) is 0 Å². The Kier molecular flexibility index (Phi) is 5.00. The third-order valence-corrected chi connectivity index (χ3v) is 3.53. The number of rotatable bonds is 4. The van der Waals surface area contributed by atoms with Gasteiger partial charge in [-0.1, -0.05) is 31.9 Å². The fourth-order valence-electron chi connectivity index (χ4n) is 2.61. The normalized spacial score (nSPS) is 24.6. The first kappa shape index (κ1) is 13.3. The minimum absolute atomic E-state index is 0.0874. The van der Waals surface area contributed by atoms with Gasteiger partial charge in [0.05, 0.1) is 0 Å². The van der Waals surface area contributed by atoms with Gasteiger partial charge in [0.1, 0.15) is 6.10 Å². The van der Waals surface area contributed by atoms with Crippen molar-refractivity contribution < 1.29 is 9.13 Å². The lowest BCUT2D eigenvalue weighted by atomic mass is 10.1. The highest BCUT2D eigenvalue weighted by Gasteiger charge is 2.25. The molecule has 1 fully saturated rings. The number of para-hydroxylation sites is 1. The fourth-order valence-corrected chi connectivity index (χ4v) is 2.61. The Labute approximate surface area is 109 Å². The van der Waals surface area contributed by atoms with Crippen molar-refractivity contribution in [2.24, 2.45) is 0 Å². The summed E-state index contributed by atoms with van der Waals surface area (Å²) in [4.78, 5) is 0. The van der Waals surface area contributed by atoms with Crippen LogP contribution in [-0.2, 0) is 0 Å². The average Bonchev–Trinajstić information content (AvgIpc) is 2.59. The molecule has 2 nitrogen and oxygen atoms in total. The lowest BCUT2D eigenvalue weighted by Gasteiger charge is -2.26. The van der Waals surface area contributed by atoms with E-state index in [0.717, 1.165) is 19.4 Å². The summed E-state index contributed by atoms with van der Waals surface area (Å²) in [6.07, 6.45) is 5.86. The standard InChI is InChI=1S/C15H22FNO/c1-2-17-13-9-4-3-5-11-15(13)18-14-10-7-6-8-12(14)16/h6-8,10,13,15,17H,2-5,9,11H2,1H3. The van der Waals surface area contributed by atoms with Gasteiger partial charge >= 0.3 is 0 Å². The second kappa shape index (κ2) is 6.74. The van der Waals surface area contributed by atoms with Crippen LogP contribution in [0.25, 0.3) is 0 Å². The fraction of sp³-hybridized carbons (Fsp3) is 0.600. The molecule has 0 spiro atoms. The summed E-state index contributed by atoms with van der Waals surface area (Å²) in [7, 11) is 0. The average molecular weight is 251 g/mol. The SMILES string of the molecule is CCNC1CCCCCC1Oc1ccccc1F. The zero-order valence-corrected chi connectivity index (χ0v) is 11.0. The molecule has 1 aromatic rings. The Morgan fingerprint density at radius 1 is 1.22 bits per heavy atom. The minimum Gasteiger partial charge on any atom is -0.486 e. The third kappa shape index (κ3) is 3.45. The largest absolute Gasteiger partial charge is 0.486 e.